The summed E-state index contributed by atoms with van der Waals surface area (Å²) in [4.78, 5) is 0. The smallest absolute Gasteiger partial charge is 0.0352 e. The highest BCUT2D eigenvalue weighted by Gasteiger charge is 2.44. The van der Waals surface area contributed by atoms with E-state index in [4.69, 9.17) is 0 Å². The first-order valence-corrected chi connectivity index (χ1v) is 9.42. The van der Waals surface area contributed by atoms with E-state index in [1.807, 2.05) is 0 Å². The van der Waals surface area contributed by atoms with Crippen molar-refractivity contribution in [3.05, 3.63) is 0 Å². The lowest BCUT2D eigenvalue weighted by Crippen LogP contribution is -2.41. The highest BCUT2D eigenvalue weighted by Crippen LogP contribution is 2.54. The van der Waals surface area contributed by atoms with Gasteiger partial charge in [-0.2, -0.15) is 0 Å². The minimum absolute atomic E-state index is 1.14. The Morgan fingerprint density at radius 3 is 1.63 bits per heavy atom. The van der Waals surface area contributed by atoms with E-state index in [9.17, 15) is 0 Å². The number of rotatable bonds is 1. The molecule has 0 bridgehead atoms. The molecule has 4 fully saturated rings. The summed E-state index contributed by atoms with van der Waals surface area (Å²) in [6.07, 6.45) is 20.6. The van der Waals surface area contributed by atoms with Crippen molar-refractivity contribution in [2.45, 2.75) is 83.5 Å². The molecular formula is C19H32. The molecule has 0 saturated heterocycles. The van der Waals surface area contributed by atoms with Gasteiger partial charge in [-0.3, -0.25) is 0 Å². The number of hydrogen-bond acceptors (Lipinski definition) is 0. The summed E-state index contributed by atoms with van der Waals surface area (Å²) >= 11 is 0. The summed E-state index contributed by atoms with van der Waals surface area (Å²) in [6.45, 7) is 0. The predicted octanol–water partition coefficient (Wildman–Crippen LogP) is 5.81. The fourth-order valence-electron chi connectivity index (χ4n) is 6.63. The molecule has 0 aromatic rings. The lowest BCUT2D eigenvalue weighted by atomic mass is 9.55. The van der Waals surface area contributed by atoms with Gasteiger partial charge in [-0.25, -0.2) is 0 Å². The summed E-state index contributed by atoms with van der Waals surface area (Å²) in [5.41, 5.74) is 0. The van der Waals surface area contributed by atoms with E-state index in [1.54, 1.807) is 83.5 Å². The van der Waals surface area contributed by atoms with E-state index >= 15 is 0 Å². The van der Waals surface area contributed by atoms with Crippen LogP contribution in [0.2, 0.25) is 0 Å². The normalized spacial score (nSPS) is 47.7. The van der Waals surface area contributed by atoms with Crippen LogP contribution in [0.25, 0.3) is 0 Å². The van der Waals surface area contributed by atoms with Crippen LogP contribution in [0.1, 0.15) is 83.5 Å². The van der Waals surface area contributed by atoms with Crippen LogP contribution in [0.5, 0.6) is 0 Å². The molecule has 0 nitrogen and oxygen atoms in total. The van der Waals surface area contributed by atoms with Gasteiger partial charge >= 0.3 is 0 Å². The van der Waals surface area contributed by atoms with Gasteiger partial charge in [-0.05, 0) is 74.0 Å². The molecule has 4 rings (SSSR count). The fraction of sp³-hybridized carbons (Fsp3) is 1.00. The Labute approximate surface area is 119 Å². The second-order valence-corrected chi connectivity index (χ2v) is 8.33. The first-order chi connectivity index (χ1) is 9.42. The van der Waals surface area contributed by atoms with Crippen LogP contribution in [-0.4, -0.2) is 0 Å². The molecule has 0 heteroatoms. The average Bonchev–Trinajstić information content (AvgIpc) is 3.01. The minimum atomic E-state index is 1.14. The SMILES string of the molecule is C1CCC(C2CCC3CCC4CCCCC4C3C2)C1. The second-order valence-electron chi connectivity index (χ2n) is 8.33. The lowest BCUT2D eigenvalue weighted by molar-refractivity contribution is -0.000480. The zero-order valence-electron chi connectivity index (χ0n) is 12.7. The van der Waals surface area contributed by atoms with E-state index in [1.165, 1.54) is 5.92 Å². The van der Waals surface area contributed by atoms with Crippen LogP contribution in [0, 0.1) is 35.5 Å². The average molecular weight is 260 g/mol. The predicted molar refractivity (Wildman–Crippen MR) is 81.0 cm³/mol. The Balaban J connectivity index is 1.46. The van der Waals surface area contributed by atoms with Gasteiger partial charge in [0, 0.05) is 0 Å². The van der Waals surface area contributed by atoms with E-state index in [0.717, 1.165) is 29.6 Å². The van der Waals surface area contributed by atoms with Gasteiger partial charge in [-0.1, -0.05) is 44.9 Å². The Morgan fingerprint density at radius 2 is 0.895 bits per heavy atom. The molecule has 0 spiro atoms. The number of fused-ring (bicyclic) bond motifs is 3. The van der Waals surface area contributed by atoms with Crippen molar-refractivity contribution in [2.75, 3.05) is 0 Å². The molecule has 0 N–H and O–H groups in total. The first-order valence-electron chi connectivity index (χ1n) is 9.42. The third-order valence-corrected chi connectivity index (χ3v) is 7.58. The van der Waals surface area contributed by atoms with Gasteiger partial charge in [0.1, 0.15) is 0 Å². The van der Waals surface area contributed by atoms with Crippen molar-refractivity contribution in [1.29, 1.82) is 0 Å². The van der Waals surface area contributed by atoms with E-state index in [0.29, 0.717) is 0 Å². The van der Waals surface area contributed by atoms with Crippen LogP contribution >= 0.6 is 0 Å². The van der Waals surface area contributed by atoms with E-state index < -0.39 is 0 Å². The van der Waals surface area contributed by atoms with Crippen LogP contribution < -0.4 is 0 Å². The summed E-state index contributed by atoms with van der Waals surface area (Å²) in [6, 6.07) is 0. The molecule has 19 heavy (non-hydrogen) atoms. The largest absolute Gasteiger partial charge is 0.0530 e. The highest BCUT2D eigenvalue weighted by atomic mass is 14.5. The maximum absolute atomic E-state index is 1.65. The molecule has 0 radical (unpaired) electrons. The van der Waals surface area contributed by atoms with Crippen molar-refractivity contribution in [1.82, 2.24) is 0 Å². The first kappa shape index (κ1) is 12.7. The summed E-state index contributed by atoms with van der Waals surface area (Å²) in [7, 11) is 0. The molecule has 0 aromatic heterocycles. The van der Waals surface area contributed by atoms with Gasteiger partial charge < -0.3 is 0 Å². The van der Waals surface area contributed by atoms with Crippen LogP contribution in [0.15, 0.2) is 0 Å². The van der Waals surface area contributed by atoms with E-state index in [-0.39, 0.29) is 0 Å². The zero-order valence-corrected chi connectivity index (χ0v) is 12.7. The van der Waals surface area contributed by atoms with Crippen LogP contribution in [-0.2, 0) is 0 Å². The van der Waals surface area contributed by atoms with Crippen molar-refractivity contribution in [2.24, 2.45) is 35.5 Å². The third-order valence-electron chi connectivity index (χ3n) is 7.58. The van der Waals surface area contributed by atoms with Crippen molar-refractivity contribution in [3.63, 3.8) is 0 Å². The fourth-order valence-corrected chi connectivity index (χ4v) is 6.63. The number of hydrogen-bond donors (Lipinski definition) is 0. The standard InChI is InChI=1S/C19H32/c1-2-6-14(5-1)17-12-11-16-10-9-15-7-3-4-8-18(15)19(16)13-17/h14-19H,1-13H2. The monoisotopic (exact) mass is 260 g/mol. The quantitative estimate of drug-likeness (QED) is 0.558. The Kier molecular flexibility index (Phi) is 3.62. The van der Waals surface area contributed by atoms with Crippen molar-refractivity contribution >= 4 is 0 Å². The molecule has 4 aliphatic carbocycles. The molecule has 4 saturated carbocycles. The maximum Gasteiger partial charge on any atom is -0.0352 e. The third kappa shape index (κ3) is 2.38. The molecule has 0 aliphatic heterocycles. The minimum Gasteiger partial charge on any atom is -0.0530 e. The Bertz CT molecular complexity index is 301. The molecule has 4 aliphatic rings. The van der Waals surface area contributed by atoms with Gasteiger partial charge in [0.15, 0.2) is 0 Å². The Hall–Kier alpha value is 0. The maximum atomic E-state index is 1.65. The molecular weight excluding hydrogens is 228 g/mol. The Morgan fingerprint density at radius 1 is 0.368 bits per heavy atom. The van der Waals surface area contributed by atoms with E-state index in [2.05, 4.69) is 0 Å². The topological polar surface area (TPSA) is 0 Å². The molecule has 0 aromatic carbocycles. The summed E-state index contributed by atoms with van der Waals surface area (Å²) in [5, 5.41) is 0. The van der Waals surface area contributed by atoms with Crippen molar-refractivity contribution in [3.8, 4) is 0 Å². The van der Waals surface area contributed by atoms with Gasteiger partial charge in [-0.15, -0.1) is 0 Å². The lowest BCUT2D eigenvalue weighted by Gasteiger charge is -2.50. The van der Waals surface area contributed by atoms with Gasteiger partial charge in [0.05, 0.1) is 0 Å². The summed E-state index contributed by atoms with van der Waals surface area (Å²) < 4.78 is 0. The van der Waals surface area contributed by atoms with Crippen LogP contribution in [0.3, 0.4) is 0 Å². The van der Waals surface area contributed by atoms with Gasteiger partial charge in [0.2, 0.25) is 0 Å². The molecule has 5 atom stereocenters. The zero-order chi connectivity index (χ0) is 12.7. The molecule has 0 amide bonds. The second kappa shape index (κ2) is 5.41. The van der Waals surface area contributed by atoms with Crippen molar-refractivity contribution < 1.29 is 0 Å². The highest BCUT2D eigenvalue weighted by molar-refractivity contribution is 4.94. The molecule has 5 unspecified atom stereocenters. The molecule has 0 heterocycles. The van der Waals surface area contributed by atoms with Gasteiger partial charge in [0.25, 0.3) is 0 Å². The van der Waals surface area contributed by atoms with Crippen LogP contribution in [0.4, 0.5) is 0 Å². The summed E-state index contributed by atoms with van der Waals surface area (Å²) in [5.74, 6) is 6.92. The molecule has 108 valence electrons.